The SMILES string of the molecule is C[C@]1(C(=O)O)CSC(c2ccc(O)cc2O)=N1.C[C@]1(C(=O)O)CSC(c2ccccc2O)=N1.Cc1ncc(CO)c(/C=N/NC(=O)c2ccncc2)c1O.O=C(O)CN(CCN(CC(=O)O)Cc1ccccc1O)Cc1ccccc1O.O=C(O)c1ccc(-n2nc(-c3ccccc3O)nc2-c2ccccc2O)cc1. The van der Waals surface area contributed by atoms with Crippen molar-refractivity contribution in [3.8, 4) is 74.5 Å². The van der Waals surface area contributed by atoms with E-state index in [-0.39, 0.29) is 103 Å². The van der Waals surface area contributed by atoms with Crippen molar-refractivity contribution in [3.05, 3.63) is 245 Å². The molecule has 2 aliphatic rings. The number of carboxylic acids is 5. The second-order valence-corrected chi connectivity index (χ2v) is 26.5. The Morgan fingerprint density at radius 2 is 1.01 bits per heavy atom. The zero-order valence-corrected chi connectivity index (χ0v) is 60.5. The topological polar surface area (TPSA) is 498 Å². The predicted octanol–water partition coefficient (Wildman–Crippen LogP) is 9.19. The summed E-state index contributed by atoms with van der Waals surface area (Å²) in [6.07, 6.45) is 5.72. The van der Waals surface area contributed by atoms with E-state index in [1.165, 1.54) is 108 Å². The van der Waals surface area contributed by atoms with E-state index in [1.807, 2.05) is 0 Å². The summed E-state index contributed by atoms with van der Waals surface area (Å²) in [5.41, 5.74) is 5.51. The van der Waals surface area contributed by atoms with E-state index in [2.05, 4.69) is 40.6 Å². The van der Waals surface area contributed by atoms with E-state index in [4.69, 9.17) is 25.5 Å². The quantitative estimate of drug-likeness (QED) is 0.0209. The maximum Gasteiger partial charge on any atom is 0.335 e. The first-order chi connectivity index (χ1) is 52.5. The van der Waals surface area contributed by atoms with Gasteiger partial charge in [-0.3, -0.25) is 44.1 Å². The highest BCUT2D eigenvalue weighted by Crippen LogP contribution is 2.38. The van der Waals surface area contributed by atoms with Crippen LogP contribution in [0.25, 0.3) is 28.5 Å². The first kappa shape index (κ1) is 82.4. The Bertz CT molecular complexity index is 4980. The fourth-order valence-corrected chi connectivity index (χ4v) is 12.6. The third-order valence-corrected chi connectivity index (χ3v) is 18.8. The van der Waals surface area contributed by atoms with Crippen LogP contribution >= 0.6 is 23.5 Å². The number of aromatic hydroxyl groups is 8. The number of pyridine rings is 2. The Labute approximate surface area is 636 Å². The van der Waals surface area contributed by atoms with Crippen molar-refractivity contribution in [3.63, 3.8) is 0 Å². The number of benzene rings is 7. The van der Waals surface area contributed by atoms with Crippen LogP contribution < -0.4 is 5.43 Å². The fraction of sp³-hybridized carbons (Fsp3) is 0.182. The number of nitrogens with zero attached hydrogens (tertiary/aromatic N) is 10. The second-order valence-electron chi connectivity index (χ2n) is 24.5. The summed E-state index contributed by atoms with van der Waals surface area (Å²) >= 11 is 2.63. The highest BCUT2D eigenvalue weighted by atomic mass is 32.2. The zero-order chi connectivity index (χ0) is 79.8. The van der Waals surface area contributed by atoms with Gasteiger partial charge in [-0.05, 0) is 118 Å². The number of aromatic carboxylic acids is 1. The van der Waals surface area contributed by atoms with Crippen molar-refractivity contribution in [1.82, 2.24) is 40.0 Å². The summed E-state index contributed by atoms with van der Waals surface area (Å²) < 4.78 is 1.50. The Kier molecular flexibility index (Phi) is 28.8. The van der Waals surface area contributed by atoms with Crippen LogP contribution in [0.2, 0.25) is 0 Å². The number of phenolic OH excluding ortho intramolecular Hbond substituents is 7. The Balaban J connectivity index is 0.000000176. The lowest BCUT2D eigenvalue weighted by Crippen LogP contribution is -2.39. The Hall–Kier alpha value is -13.2. The molecule has 1 amide bonds. The molecular weight excluding hydrogens is 1460 g/mol. The number of hydrogen-bond acceptors (Lipinski definition) is 26. The molecule has 570 valence electrons. The number of carboxylic acid groups (broad SMARTS) is 5. The molecule has 0 saturated heterocycles. The van der Waals surface area contributed by atoms with Gasteiger partial charge in [-0.15, -0.1) is 28.6 Å². The smallest absolute Gasteiger partial charge is 0.335 e. The monoisotopic (exact) mass is 1540 g/mol. The third-order valence-electron chi connectivity index (χ3n) is 16.3. The van der Waals surface area contributed by atoms with Gasteiger partial charge >= 0.3 is 29.8 Å². The standard InChI is InChI=1S/C21H15N3O4.C20H24N2O6.C14H14N4O3.C11H11NO4S.C11H11NO3S/c25-17-7-3-1-5-15(17)19-22-20(16-6-2-4-8-18(16)26)24(23-19)14-11-9-13(10-12-14)21(27)28;23-17-7-3-1-5-15(17)11-21(13-19(25)26)9-10-22(14-20(27)28)12-16-6-2-4-8-18(16)24;1-9-13(20)12(11(8-19)6-16-9)7-17-18-14(21)10-2-4-15-5-3-10;1-11(10(15)16)5-17-9(12-11)7-3-2-6(13)4-8(7)14;1-11(10(14)15)6-16-9(12-11)7-4-2-3-5-8(7)13/h1-12,25-26H,(H,27,28);1-8,23-24H,9-14H2,(H,25,26)(H,27,28);2-7,19-20H,8H2,1H3,(H,18,21);2-4,13-14H,5H2,1H3,(H,15,16);2-5,13H,6H2,1H3,(H,14,15)/b;;17-7+;;/t;;;2*11-/m...11/s1. The van der Waals surface area contributed by atoms with Crippen molar-refractivity contribution in [2.75, 3.05) is 37.7 Å². The number of para-hydroxylation sites is 5. The van der Waals surface area contributed by atoms with E-state index in [0.29, 0.717) is 88.9 Å². The van der Waals surface area contributed by atoms with E-state index >= 15 is 0 Å². The van der Waals surface area contributed by atoms with Crippen LogP contribution in [0.1, 0.15) is 73.6 Å². The van der Waals surface area contributed by atoms with Crippen LogP contribution in [0.15, 0.2) is 210 Å². The number of carbonyl (C=O) groups excluding carboxylic acids is 1. The van der Waals surface area contributed by atoms with Gasteiger partial charge in [0.1, 0.15) is 56.1 Å². The average Bonchev–Trinajstić information content (AvgIpc) is 1.64. The number of amides is 1. The van der Waals surface area contributed by atoms with Crippen molar-refractivity contribution < 1.29 is 100 Å². The summed E-state index contributed by atoms with van der Waals surface area (Å²) in [4.78, 5) is 91.1. The van der Waals surface area contributed by atoms with Crippen molar-refractivity contribution >= 4 is 75.6 Å². The molecule has 110 heavy (non-hydrogen) atoms. The number of aliphatic hydroxyl groups is 1. The van der Waals surface area contributed by atoms with Gasteiger partial charge in [-0.1, -0.05) is 72.8 Å². The van der Waals surface area contributed by atoms with E-state index in [9.17, 15) is 74.7 Å². The minimum Gasteiger partial charge on any atom is -0.508 e. The first-order valence-corrected chi connectivity index (χ1v) is 35.0. The van der Waals surface area contributed by atoms with Crippen molar-refractivity contribution in [2.24, 2.45) is 15.1 Å². The minimum atomic E-state index is -1.15. The molecule has 10 aromatic rings. The molecule has 0 unspecified atom stereocenters. The molecule has 0 bridgehead atoms. The maximum atomic E-state index is 11.8. The average molecular weight is 1540 g/mol. The normalized spacial score (nSPS) is 14.7. The van der Waals surface area contributed by atoms with Gasteiger partial charge < -0.3 is 71.5 Å². The molecule has 0 aliphatic carbocycles. The summed E-state index contributed by atoms with van der Waals surface area (Å²) in [5, 5.41) is 143. The van der Waals surface area contributed by atoms with Crippen LogP contribution in [0.5, 0.6) is 46.0 Å². The van der Waals surface area contributed by atoms with Gasteiger partial charge in [0.15, 0.2) is 22.7 Å². The number of thioether (sulfide) groups is 2. The zero-order valence-electron chi connectivity index (χ0n) is 58.9. The Morgan fingerprint density at radius 1 is 0.545 bits per heavy atom. The minimum absolute atomic E-state index is 0.0298. The summed E-state index contributed by atoms with van der Waals surface area (Å²) in [6, 6.07) is 47.0. The molecule has 33 heteroatoms. The number of aliphatic hydroxyl groups excluding tert-OH is 1. The molecule has 0 saturated carbocycles. The number of hydrazone groups is 1. The van der Waals surface area contributed by atoms with Gasteiger partial charge in [0.05, 0.1) is 54.0 Å². The lowest BCUT2D eigenvalue weighted by Gasteiger charge is -2.26. The molecule has 0 spiro atoms. The summed E-state index contributed by atoms with van der Waals surface area (Å²) in [7, 11) is 0. The molecule has 15 N–H and O–H groups in total. The molecule has 12 rings (SSSR count). The van der Waals surface area contributed by atoms with Crippen molar-refractivity contribution in [2.45, 2.75) is 51.5 Å². The van der Waals surface area contributed by atoms with E-state index < -0.39 is 46.8 Å². The molecule has 2 atom stereocenters. The highest BCUT2D eigenvalue weighted by molar-refractivity contribution is 8.15. The number of aromatic nitrogens is 5. The van der Waals surface area contributed by atoms with Crippen LogP contribution in [0.3, 0.4) is 0 Å². The molecule has 3 aromatic heterocycles. The first-order valence-electron chi connectivity index (χ1n) is 33.0. The maximum absolute atomic E-state index is 11.8. The molecule has 2 aliphatic heterocycles. The predicted molar refractivity (Wildman–Crippen MR) is 408 cm³/mol. The van der Waals surface area contributed by atoms with E-state index in [0.717, 1.165) is 0 Å². The van der Waals surface area contributed by atoms with Crippen LogP contribution in [0, 0.1) is 6.92 Å². The molecule has 0 fully saturated rings. The van der Waals surface area contributed by atoms with Crippen molar-refractivity contribution in [1.29, 1.82) is 0 Å². The molecule has 0 radical (unpaired) electrons. The fourth-order valence-electron chi connectivity index (χ4n) is 10.2. The summed E-state index contributed by atoms with van der Waals surface area (Å²) in [5.74, 6) is -3.90. The third kappa shape index (κ3) is 22.4. The molecular formula is C77H75N11O20S2. The largest absolute Gasteiger partial charge is 0.508 e. The van der Waals surface area contributed by atoms with Gasteiger partial charge in [-0.25, -0.2) is 29.5 Å². The van der Waals surface area contributed by atoms with Gasteiger partial charge in [0.25, 0.3) is 5.91 Å². The molecule has 7 aromatic carbocycles. The van der Waals surface area contributed by atoms with Crippen LogP contribution in [0.4, 0.5) is 0 Å². The van der Waals surface area contributed by atoms with Gasteiger partial charge in [0, 0.05) is 101 Å². The number of aryl methyl sites for hydroxylation is 1. The number of carbonyl (C=O) groups is 6. The molecule has 31 nitrogen and oxygen atoms in total. The van der Waals surface area contributed by atoms with Crippen LogP contribution in [-0.2, 0) is 38.9 Å². The second kappa shape index (κ2) is 38.4. The number of nitrogens with one attached hydrogen (secondary N) is 1. The van der Waals surface area contributed by atoms with E-state index in [1.54, 1.807) is 151 Å². The van der Waals surface area contributed by atoms with Gasteiger partial charge in [-0.2, -0.15) is 5.10 Å². The number of phenols is 7. The van der Waals surface area contributed by atoms with Crippen LogP contribution in [-0.4, -0.2) is 207 Å². The number of rotatable bonds is 23. The molecule has 5 heterocycles. The number of aliphatic imine (C=N–C) groups is 2. The lowest BCUT2D eigenvalue weighted by molar-refractivity contribution is -0.142. The number of aliphatic carboxylic acids is 4. The summed E-state index contributed by atoms with van der Waals surface area (Å²) in [6.45, 7) is 4.96. The lowest BCUT2D eigenvalue weighted by atomic mass is 10.1. The Morgan fingerprint density at radius 3 is 1.45 bits per heavy atom. The van der Waals surface area contributed by atoms with Gasteiger partial charge in [0.2, 0.25) is 0 Å². The number of hydrogen-bond donors (Lipinski definition) is 15. The highest BCUT2D eigenvalue weighted by Gasteiger charge is 2.40.